The summed E-state index contributed by atoms with van der Waals surface area (Å²) in [7, 11) is 0. The fourth-order valence-corrected chi connectivity index (χ4v) is 7.49. The summed E-state index contributed by atoms with van der Waals surface area (Å²) in [5, 5.41) is 9.58. The first kappa shape index (κ1) is 48.4. The SMILES string of the molecule is CCCCCCCCC(CCCCCCCC)OC(=O)CCCCCCCN(CCO)CCCCCCCCCC(CCCC)CCCC. The van der Waals surface area contributed by atoms with Gasteiger partial charge < -0.3 is 14.7 Å². The molecule has 0 aromatic heterocycles. The third kappa shape index (κ3) is 35.6. The molecule has 0 amide bonds. The van der Waals surface area contributed by atoms with Crippen LogP contribution in [-0.4, -0.2) is 48.3 Å². The Kier molecular flexibility index (Phi) is 39.7. The molecule has 0 unspecified atom stereocenters. The highest BCUT2D eigenvalue weighted by Gasteiger charge is 2.14. The van der Waals surface area contributed by atoms with Crippen molar-refractivity contribution in [3.8, 4) is 0 Å². The second kappa shape index (κ2) is 40.2. The van der Waals surface area contributed by atoms with Crippen molar-refractivity contribution in [2.45, 2.75) is 252 Å². The highest BCUT2D eigenvalue weighted by atomic mass is 16.5. The maximum Gasteiger partial charge on any atom is 0.306 e. The lowest BCUT2D eigenvalue weighted by atomic mass is 9.90. The number of aliphatic hydroxyl groups is 1. The third-order valence-corrected chi connectivity index (χ3v) is 10.8. The Hall–Kier alpha value is -0.610. The van der Waals surface area contributed by atoms with E-state index in [2.05, 4.69) is 32.6 Å². The van der Waals surface area contributed by atoms with Gasteiger partial charge in [-0.3, -0.25) is 4.79 Å². The van der Waals surface area contributed by atoms with Gasteiger partial charge in [0, 0.05) is 13.0 Å². The molecule has 0 aliphatic carbocycles. The van der Waals surface area contributed by atoms with Gasteiger partial charge in [-0.2, -0.15) is 0 Å². The summed E-state index contributed by atoms with van der Waals surface area (Å²) in [6, 6.07) is 0. The maximum atomic E-state index is 12.7. The molecule has 0 radical (unpaired) electrons. The van der Waals surface area contributed by atoms with Crippen molar-refractivity contribution >= 4 is 5.97 Å². The van der Waals surface area contributed by atoms with Crippen molar-refractivity contribution in [3.63, 3.8) is 0 Å². The molecule has 0 saturated heterocycles. The standard InChI is InChI=1S/C45H91NO3/c1-5-9-13-15-22-28-36-44(37-29-23-16-14-10-6-2)49-45(48)38-30-24-20-26-32-40-46(41-42-47)39-31-25-19-17-18-21-27-35-43(33-11-7-3)34-12-8-4/h43-44,47H,5-42H2,1-4H3. The summed E-state index contributed by atoms with van der Waals surface area (Å²) in [6.45, 7) is 12.5. The maximum absolute atomic E-state index is 12.7. The van der Waals surface area contributed by atoms with E-state index in [0.717, 1.165) is 51.2 Å². The molecule has 0 aromatic rings. The number of aliphatic hydroxyl groups excluding tert-OH is 1. The second-order valence-corrected chi connectivity index (χ2v) is 15.7. The lowest BCUT2D eigenvalue weighted by molar-refractivity contribution is -0.150. The Labute approximate surface area is 309 Å². The molecule has 0 atom stereocenters. The van der Waals surface area contributed by atoms with E-state index in [0.29, 0.717) is 6.42 Å². The lowest BCUT2D eigenvalue weighted by Crippen LogP contribution is -2.29. The minimum atomic E-state index is 0.0366. The van der Waals surface area contributed by atoms with Gasteiger partial charge in [0.1, 0.15) is 6.10 Å². The summed E-state index contributed by atoms with van der Waals surface area (Å²) >= 11 is 0. The number of hydrogen-bond acceptors (Lipinski definition) is 4. The molecule has 0 fully saturated rings. The Morgan fingerprint density at radius 3 is 1.27 bits per heavy atom. The molecule has 4 heteroatoms. The van der Waals surface area contributed by atoms with E-state index in [4.69, 9.17) is 4.74 Å². The van der Waals surface area contributed by atoms with Crippen molar-refractivity contribution in [2.75, 3.05) is 26.2 Å². The Morgan fingerprint density at radius 2 is 0.816 bits per heavy atom. The van der Waals surface area contributed by atoms with E-state index >= 15 is 0 Å². The van der Waals surface area contributed by atoms with Crippen molar-refractivity contribution in [3.05, 3.63) is 0 Å². The molecule has 294 valence electrons. The first-order valence-electron chi connectivity index (χ1n) is 22.6. The minimum absolute atomic E-state index is 0.0366. The zero-order valence-corrected chi connectivity index (χ0v) is 34.2. The van der Waals surface area contributed by atoms with Crippen LogP contribution in [0.3, 0.4) is 0 Å². The van der Waals surface area contributed by atoms with Gasteiger partial charge in [0.25, 0.3) is 0 Å². The molecule has 0 aromatic carbocycles. The van der Waals surface area contributed by atoms with Crippen molar-refractivity contribution in [1.82, 2.24) is 4.90 Å². The molecule has 0 aliphatic heterocycles. The van der Waals surface area contributed by atoms with Crippen LogP contribution in [-0.2, 0) is 9.53 Å². The highest BCUT2D eigenvalue weighted by Crippen LogP contribution is 2.23. The monoisotopic (exact) mass is 694 g/mol. The number of esters is 1. The van der Waals surface area contributed by atoms with Crippen molar-refractivity contribution < 1.29 is 14.6 Å². The zero-order chi connectivity index (χ0) is 35.9. The van der Waals surface area contributed by atoms with E-state index < -0.39 is 0 Å². The summed E-state index contributed by atoms with van der Waals surface area (Å²) in [6.07, 6.45) is 43.5. The second-order valence-electron chi connectivity index (χ2n) is 15.7. The van der Waals surface area contributed by atoms with Crippen LogP contribution in [0.15, 0.2) is 0 Å². The Bertz CT molecular complexity index is 617. The van der Waals surface area contributed by atoms with Crippen LogP contribution in [0.2, 0.25) is 0 Å². The zero-order valence-electron chi connectivity index (χ0n) is 34.2. The fourth-order valence-electron chi connectivity index (χ4n) is 7.49. The number of hydrogen-bond donors (Lipinski definition) is 1. The number of unbranched alkanes of at least 4 members (excludes halogenated alkanes) is 22. The summed E-state index contributed by atoms with van der Waals surface area (Å²) < 4.78 is 6.03. The molecule has 0 spiro atoms. The smallest absolute Gasteiger partial charge is 0.306 e. The molecule has 4 nitrogen and oxygen atoms in total. The van der Waals surface area contributed by atoms with Gasteiger partial charge in [0.05, 0.1) is 6.61 Å². The van der Waals surface area contributed by atoms with Gasteiger partial charge >= 0.3 is 5.97 Å². The summed E-state index contributed by atoms with van der Waals surface area (Å²) in [4.78, 5) is 15.2. The largest absolute Gasteiger partial charge is 0.462 e. The van der Waals surface area contributed by atoms with Crippen LogP contribution in [0.5, 0.6) is 0 Å². The van der Waals surface area contributed by atoms with Gasteiger partial charge in [0.15, 0.2) is 0 Å². The Morgan fingerprint density at radius 1 is 0.449 bits per heavy atom. The van der Waals surface area contributed by atoms with Gasteiger partial charge in [-0.05, 0) is 64.0 Å². The summed E-state index contributed by atoms with van der Waals surface area (Å²) in [5.74, 6) is 1.02. The predicted molar refractivity (Wildman–Crippen MR) is 217 cm³/mol. The number of ether oxygens (including phenoxy) is 1. The topological polar surface area (TPSA) is 49.8 Å². The average Bonchev–Trinajstić information content (AvgIpc) is 3.10. The van der Waals surface area contributed by atoms with Crippen molar-refractivity contribution in [2.24, 2.45) is 5.92 Å². The summed E-state index contributed by atoms with van der Waals surface area (Å²) in [5.41, 5.74) is 0. The van der Waals surface area contributed by atoms with E-state index in [9.17, 15) is 9.90 Å². The third-order valence-electron chi connectivity index (χ3n) is 10.8. The van der Waals surface area contributed by atoms with E-state index in [1.165, 1.54) is 186 Å². The molecule has 0 heterocycles. The van der Waals surface area contributed by atoms with Crippen molar-refractivity contribution in [1.29, 1.82) is 0 Å². The fraction of sp³-hybridized carbons (Fsp3) is 0.978. The molecule has 0 aliphatic rings. The number of carbonyl (C=O) groups excluding carboxylic acids is 1. The number of nitrogens with zero attached hydrogens (tertiary/aromatic N) is 1. The van der Waals surface area contributed by atoms with Crippen LogP contribution in [0.25, 0.3) is 0 Å². The van der Waals surface area contributed by atoms with Crippen LogP contribution in [0.4, 0.5) is 0 Å². The molecule has 0 rings (SSSR count). The van der Waals surface area contributed by atoms with Crippen LogP contribution in [0, 0.1) is 5.92 Å². The quantitative estimate of drug-likeness (QED) is 0.0511. The van der Waals surface area contributed by atoms with Gasteiger partial charge in [-0.25, -0.2) is 0 Å². The molecule has 0 saturated carbocycles. The predicted octanol–water partition coefficient (Wildman–Crippen LogP) is 14.2. The van der Waals surface area contributed by atoms with Gasteiger partial charge in [-0.1, -0.05) is 195 Å². The molecular weight excluding hydrogens is 602 g/mol. The van der Waals surface area contributed by atoms with E-state index in [1.807, 2.05) is 0 Å². The average molecular weight is 694 g/mol. The Balaban J connectivity index is 4.02. The first-order chi connectivity index (χ1) is 24.1. The van der Waals surface area contributed by atoms with E-state index in [1.54, 1.807) is 0 Å². The van der Waals surface area contributed by atoms with Crippen LogP contribution in [0.1, 0.15) is 246 Å². The normalized spacial score (nSPS) is 11.8. The molecule has 1 N–H and O–H groups in total. The number of rotatable bonds is 41. The lowest BCUT2D eigenvalue weighted by Gasteiger charge is -2.21. The highest BCUT2D eigenvalue weighted by molar-refractivity contribution is 5.69. The minimum Gasteiger partial charge on any atom is -0.462 e. The molecular formula is C45H91NO3. The molecule has 49 heavy (non-hydrogen) atoms. The number of carbonyl (C=O) groups is 1. The van der Waals surface area contributed by atoms with Gasteiger partial charge in [0.2, 0.25) is 0 Å². The van der Waals surface area contributed by atoms with Crippen LogP contribution >= 0.6 is 0 Å². The molecule has 0 bridgehead atoms. The van der Waals surface area contributed by atoms with Gasteiger partial charge in [-0.15, -0.1) is 0 Å². The first-order valence-corrected chi connectivity index (χ1v) is 22.6. The van der Waals surface area contributed by atoms with Crippen LogP contribution < -0.4 is 0 Å². The van der Waals surface area contributed by atoms with E-state index in [-0.39, 0.29) is 18.7 Å².